The van der Waals surface area contributed by atoms with E-state index in [1.807, 2.05) is 59.0 Å². The molecule has 1 aliphatic heterocycles. The van der Waals surface area contributed by atoms with Gasteiger partial charge in [0.15, 0.2) is 0 Å². The highest BCUT2D eigenvalue weighted by Gasteiger charge is 2.51. The molecule has 0 bridgehead atoms. The average molecular weight is 309 g/mol. The summed E-state index contributed by atoms with van der Waals surface area (Å²) in [7, 11) is -0.472. The standard InChI is InChI=1S/C17H20BN3O2/c1-12-10-20-21(11-12)15-7-6-14(8-13(15)9-19)18-22-16(2,3)17(4,5)23-18/h6-8,10-11H,1-5H3. The molecule has 0 radical (unpaired) electrons. The lowest BCUT2D eigenvalue weighted by Gasteiger charge is -2.32. The zero-order chi connectivity index (χ0) is 16.8. The SMILES string of the molecule is Cc1cnn(-c2ccc(B3OC(C)(C)C(C)(C)O3)cc2C#N)c1. The molecule has 2 aromatic rings. The molecule has 1 fully saturated rings. The van der Waals surface area contributed by atoms with Gasteiger partial charge in [-0.3, -0.25) is 0 Å². The Morgan fingerprint density at radius 2 is 1.83 bits per heavy atom. The van der Waals surface area contributed by atoms with E-state index >= 15 is 0 Å². The van der Waals surface area contributed by atoms with Gasteiger partial charge in [0, 0.05) is 6.20 Å². The molecule has 1 aliphatic rings. The Morgan fingerprint density at radius 3 is 2.35 bits per heavy atom. The minimum Gasteiger partial charge on any atom is -0.399 e. The number of hydrogen-bond donors (Lipinski definition) is 0. The maximum absolute atomic E-state index is 9.49. The van der Waals surface area contributed by atoms with Crippen LogP contribution in [0.2, 0.25) is 0 Å². The van der Waals surface area contributed by atoms with Crippen molar-refractivity contribution in [2.45, 2.75) is 45.8 Å². The van der Waals surface area contributed by atoms with Crippen molar-refractivity contribution in [1.82, 2.24) is 9.78 Å². The second-order valence-corrected chi connectivity index (χ2v) is 6.94. The molecule has 1 saturated heterocycles. The van der Waals surface area contributed by atoms with Crippen molar-refractivity contribution in [1.29, 1.82) is 5.26 Å². The van der Waals surface area contributed by atoms with Gasteiger partial charge in [0.05, 0.1) is 28.6 Å². The average Bonchev–Trinajstić information content (AvgIpc) is 2.99. The van der Waals surface area contributed by atoms with Gasteiger partial charge in [0.2, 0.25) is 0 Å². The van der Waals surface area contributed by atoms with Gasteiger partial charge in [-0.1, -0.05) is 6.07 Å². The fourth-order valence-corrected chi connectivity index (χ4v) is 2.51. The van der Waals surface area contributed by atoms with E-state index in [0.29, 0.717) is 5.56 Å². The third-order valence-electron chi connectivity index (χ3n) is 4.62. The van der Waals surface area contributed by atoms with Crippen LogP contribution in [0.25, 0.3) is 5.69 Å². The molecule has 23 heavy (non-hydrogen) atoms. The van der Waals surface area contributed by atoms with E-state index in [4.69, 9.17) is 9.31 Å². The first-order valence-electron chi connectivity index (χ1n) is 7.65. The summed E-state index contributed by atoms with van der Waals surface area (Å²) in [6.07, 6.45) is 3.66. The first-order chi connectivity index (χ1) is 10.7. The van der Waals surface area contributed by atoms with Gasteiger partial charge in [-0.2, -0.15) is 10.4 Å². The largest absolute Gasteiger partial charge is 0.494 e. The number of hydrogen-bond acceptors (Lipinski definition) is 4. The first-order valence-corrected chi connectivity index (χ1v) is 7.65. The summed E-state index contributed by atoms with van der Waals surface area (Å²) in [6, 6.07) is 7.86. The summed E-state index contributed by atoms with van der Waals surface area (Å²) in [6.45, 7) is 10.0. The fraction of sp³-hybridized carbons (Fsp3) is 0.412. The number of nitrogens with zero attached hydrogens (tertiary/aromatic N) is 3. The molecule has 1 aromatic heterocycles. The van der Waals surface area contributed by atoms with Crippen molar-refractivity contribution < 1.29 is 9.31 Å². The van der Waals surface area contributed by atoms with E-state index in [2.05, 4.69) is 11.2 Å². The van der Waals surface area contributed by atoms with Crippen LogP contribution in [0.5, 0.6) is 0 Å². The van der Waals surface area contributed by atoms with E-state index in [1.54, 1.807) is 10.9 Å². The molecule has 0 aliphatic carbocycles. The molecule has 3 rings (SSSR count). The molecule has 0 N–H and O–H groups in total. The van der Waals surface area contributed by atoms with E-state index in [9.17, 15) is 5.26 Å². The second kappa shape index (κ2) is 5.22. The highest BCUT2D eigenvalue weighted by atomic mass is 16.7. The Kier molecular flexibility index (Phi) is 3.59. The van der Waals surface area contributed by atoms with Gasteiger partial charge in [-0.05, 0) is 57.8 Å². The number of aryl methyl sites for hydroxylation is 1. The predicted molar refractivity (Wildman–Crippen MR) is 88.7 cm³/mol. The molecular formula is C17H20BN3O2. The Morgan fingerprint density at radius 1 is 1.17 bits per heavy atom. The number of rotatable bonds is 2. The van der Waals surface area contributed by atoms with Gasteiger partial charge in [0.25, 0.3) is 0 Å². The van der Waals surface area contributed by atoms with Crippen molar-refractivity contribution >= 4 is 12.6 Å². The summed E-state index contributed by atoms with van der Waals surface area (Å²) < 4.78 is 13.8. The number of nitriles is 1. The highest BCUT2D eigenvalue weighted by Crippen LogP contribution is 2.36. The van der Waals surface area contributed by atoms with Crippen LogP contribution in [0.1, 0.15) is 38.8 Å². The summed E-state index contributed by atoms with van der Waals surface area (Å²) in [5, 5.41) is 13.8. The van der Waals surface area contributed by atoms with Crippen LogP contribution in [0.4, 0.5) is 0 Å². The minimum atomic E-state index is -0.472. The van der Waals surface area contributed by atoms with Crippen molar-refractivity contribution in [3.8, 4) is 11.8 Å². The number of benzene rings is 1. The van der Waals surface area contributed by atoms with Crippen LogP contribution in [0, 0.1) is 18.3 Å². The molecule has 0 amide bonds. The molecule has 0 atom stereocenters. The van der Waals surface area contributed by atoms with Crippen molar-refractivity contribution in [3.05, 3.63) is 41.7 Å². The number of aromatic nitrogens is 2. The quantitative estimate of drug-likeness (QED) is 0.799. The topological polar surface area (TPSA) is 60.1 Å². The summed E-state index contributed by atoms with van der Waals surface area (Å²) in [5.74, 6) is 0. The molecule has 5 nitrogen and oxygen atoms in total. The monoisotopic (exact) mass is 309 g/mol. The molecule has 0 unspecified atom stereocenters. The summed E-state index contributed by atoms with van der Waals surface area (Å²) in [5.41, 5.74) is 2.38. The molecule has 6 heteroatoms. The van der Waals surface area contributed by atoms with Crippen LogP contribution < -0.4 is 5.46 Å². The molecule has 2 heterocycles. The van der Waals surface area contributed by atoms with Crippen LogP contribution in [-0.2, 0) is 9.31 Å². The molecular weight excluding hydrogens is 289 g/mol. The van der Waals surface area contributed by atoms with E-state index in [0.717, 1.165) is 16.7 Å². The maximum atomic E-state index is 9.49. The first kappa shape index (κ1) is 15.8. The van der Waals surface area contributed by atoms with Crippen molar-refractivity contribution in [2.75, 3.05) is 0 Å². The van der Waals surface area contributed by atoms with Gasteiger partial charge in [-0.15, -0.1) is 0 Å². The Hall–Kier alpha value is -2.10. The van der Waals surface area contributed by atoms with Gasteiger partial charge in [-0.25, -0.2) is 4.68 Å². The normalized spacial score (nSPS) is 18.9. The Labute approximate surface area is 137 Å². The Bertz CT molecular complexity index is 773. The summed E-state index contributed by atoms with van der Waals surface area (Å²) >= 11 is 0. The molecule has 0 spiro atoms. The van der Waals surface area contributed by atoms with Crippen LogP contribution in [-0.4, -0.2) is 28.1 Å². The third kappa shape index (κ3) is 2.67. The van der Waals surface area contributed by atoms with Gasteiger partial charge in [0.1, 0.15) is 6.07 Å². The van der Waals surface area contributed by atoms with Crippen molar-refractivity contribution in [3.63, 3.8) is 0 Å². The van der Waals surface area contributed by atoms with Gasteiger partial charge >= 0.3 is 7.12 Å². The van der Waals surface area contributed by atoms with E-state index in [-0.39, 0.29) is 0 Å². The summed E-state index contributed by atoms with van der Waals surface area (Å²) in [4.78, 5) is 0. The van der Waals surface area contributed by atoms with E-state index < -0.39 is 18.3 Å². The fourth-order valence-electron chi connectivity index (χ4n) is 2.51. The second-order valence-electron chi connectivity index (χ2n) is 6.94. The van der Waals surface area contributed by atoms with E-state index in [1.165, 1.54) is 0 Å². The molecule has 118 valence electrons. The lowest BCUT2D eigenvalue weighted by atomic mass is 9.78. The molecule has 1 aromatic carbocycles. The zero-order valence-electron chi connectivity index (χ0n) is 14.1. The van der Waals surface area contributed by atoms with Crippen LogP contribution >= 0.6 is 0 Å². The maximum Gasteiger partial charge on any atom is 0.494 e. The van der Waals surface area contributed by atoms with Crippen LogP contribution in [0.15, 0.2) is 30.6 Å². The predicted octanol–water partition coefficient (Wildman–Crippen LogP) is 2.35. The Balaban J connectivity index is 1.97. The smallest absolute Gasteiger partial charge is 0.399 e. The van der Waals surface area contributed by atoms with Gasteiger partial charge < -0.3 is 9.31 Å². The lowest BCUT2D eigenvalue weighted by Crippen LogP contribution is -2.41. The van der Waals surface area contributed by atoms with Crippen molar-refractivity contribution in [2.24, 2.45) is 0 Å². The zero-order valence-corrected chi connectivity index (χ0v) is 14.1. The lowest BCUT2D eigenvalue weighted by molar-refractivity contribution is 0.00578. The third-order valence-corrected chi connectivity index (χ3v) is 4.62. The molecule has 0 saturated carbocycles. The minimum absolute atomic E-state index is 0.401. The highest BCUT2D eigenvalue weighted by molar-refractivity contribution is 6.62. The van der Waals surface area contributed by atoms with Crippen LogP contribution in [0.3, 0.4) is 0 Å².